The van der Waals surface area contributed by atoms with Crippen LogP contribution in [0.4, 0.5) is 0 Å². The van der Waals surface area contributed by atoms with Gasteiger partial charge in [-0.25, -0.2) is 4.98 Å². The molecule has 0 bridgehead atoms. The standard InChI is InChI=1S/C12H15BrN2O/c1-2-8(7-14)6-11-15-10-5-3-4-9(13)12(10)16-11/h3-5,8H,2,6-7,14H2,1H3. The van der Waals surface area contributed by atoms with Gasteiger partial charge in [0.05, 0.1) is 4.47 Å². The summed E-state index contributed by atoms with van der Waals surface area (Å²) in [5.41, 5.74) is 7.40. The Balaban J connectivity index is 2.29. The second-order valence-electron chi connectivity index (χ2n) is 3.91. The molecule has 0 aliphatic carbocycles. The average Bonchev–Trinajstić information content (AvgIpc) is 2.70. The summed E-state index contributed by atoms with van der Waals surface area (Å²) < 4.78 is 6.67. The number of nitrogens with zero attached hydrogens (tertiary/aromatic N) is 1. The van der Waals surface area contributed by atoms with Crippen LogP contribution in [0.1, 0.15) is 19.2 Å². The number of oxazole rings is 1. The Labute approximate surface area is 103 Å². The molecule has 16 heavy (non-hydrogen) atoms. The third kappa shape index (κ3) is 2.28. The number of hydrogen-bond donors (Lipinski definition) is 1. The van der Waals surface area contributed by atoms with Crippen molar-refractivity contribution in [3.05, 3.63) is 28.6 Å². The predicted molar refractivity (Wildman–Crippen MR) is 68.2 cm³/mol. The number of halogens is 1. The van der Waals surface area contributed by atoms with Crippen molar-refractivity contribution in [3.8, 4) is 0 Å². The van der Waals surface area contributed by atoms with E-state index in [0.717, 1.165) is 34.3 Å². The molecule has 1 atom stereocenters. The van der Waals surface area contributed by atoms with Gasteiger partial charge in [-0.2, -0.15) is 0 Å². The van der Waals surface area contributed by atoms with Gasteiger partial charge in [-0.05, 0) is 40.5 Å². The van der Waals surface area contributed by atoms with Crippen LogP contribution in [0.2, 0.25) is 0 Å². The molecule has 2 rings (SSSR count). The topological polar surface area (TPSA) is 52.0 Å². The molecule has 1 aromatic heterocycles. The summed E-state index contributed by atoms with van der Waals surface area (Å²) in [4.78, 5) is 4.46. The lowest BCUT2D eigenvalue weighted by atomic mass is 10.0. The predicted octanol–water partition coefficient (Wildman–Crippen LogP) is 3.12. The Kier molecular flexibility index (Phi) is 3.61. The SMILES string of the molecule is CCC(CN)Cc1nc2cccc(Br)c2o1. The summed E-state index contributed by atoms with van der Waals surface area (Å²) in [6.45, 7) is 2.81. The first-order valence-corrected chi connectivity index (χ1v) is 6.28. The number of fused-ring (bicyclic) bond motifs is 1. The highest BCUT2D eigenvalue weighted by Gasteiger charge is 2.12. The molecule has 4 heteroatoms. The van der Waals surface area contributed by atoms with Gasteiger partial charge in [0.15, 0.2) is 11.5 Å². The van der Waals surface area contributed by atoms with Crippen molar-refractivity contribution >= 4 is 27.0 Å². The third-order valence-electron chi connectivity index (χ3n) is 2.79. The van der Waals surface area contributed by atoms with Gasteiger partial charge in [0, 0.05) is 6.42 Å². The number of rotatable bonds is 4. The minimum absolute atomic E-state index is 0.451. The molecular formula is C12H15BrN2O. The van der Waals surface area contributed by atoms with Crippen LogP contribution in [-0.4, -0.2) is 11.5 Å². The van der Waals surface area contributed by atoms with E-state index in [1.165, 1.54) is 0 Å². The Hall–Kier alpha value is -0.870. The summed E-state index contributed by atoms with van der Waals surface area (Å²) in [6, 6.07) is 5.87. The van der Waals surface area contributed by atoms with E-state index >= 15 is 0 Å². The highest BCUT2D eigenvalue weighted by atomic mass is 79.9. The maximum Gasteiger partial charge on any atom is 0.195 e. The van der Waals surface area contributed by atoms with Gasteiger partial charge < -0.3 is 10.2 Å². The Morgan fingerprint density at radius 3 is 2.94 bits per heavy atom. The van der Waals surface area contributed by atoms with Gasteiger partial charge >= 0.3 is 0 Å². The highest BCUT2D eigenvalue weighted by Crippen LogP contribution is 2.25. The second-order valence-corrected chi connectivity index (χ2v) is 4.76. The van der Waals surface area contributed by atoms with Gasteiger partial charge in [0.2, 0.25) is 0 Å². The lowest BCUT2D eigenvalue weighted by Crippen LogP contribution is -2.15. The fraction of sp³-hybridized carbons (Fsp3) is 0.417. The molecule has 0 aliphatic heterocycles. The maximum atomic E-state index is 5.72. The largest absolute Gasteiger partial charge is 0.439 e. The summed E-state index contributed by atoms with van der Waals surface area (Å²) in [5.74, 6) is 1.23. The lowest BCUT2D eigenvalue weighted by Gasteiger charge is -2.07. The smallest absolute Gasteiger partial charge is 0.195 e. The van der Waals surface area contributed by atoms with Crippen molar-refractivity contribution in [2.75, 3.05) is 6.54 Å². The van der Waals surface area contributed by atoms with Crippen molar-refractivity contribution in [2.24, 2.45) is 11.7 Å². The number of nitrogens with two attached hydrogens (primary N) is 1. The maximum absolute atomic E-state index is 5.72. The molecule has 0 spiro atoms. The monoisotopic (exact) mass is 282 g/mol. The van der Waals surface area contributed by atoms with Crippen LogP contribution in [0, 0.1) is 5.92 Å². The molecule has 0 amide bonds. The summed E-state index contributed by atoms with van der Waals surface area (Å²) in [5, 5.41) is 0. The lowest BCUT2D eigenvalue weighted by molar-refractivity contribution is 0.437. The van der Waals surface area contributed by atoms with Gasteiger partial charge in [0.1, 0.15) is 5.52 Å². The van der Waals surface area contributed by atoms with E-state index in [-0.39, 0.29) is 0 Å². The molecular weight excluding hydrogens is 268 g/mol. The molecule has 0 saturated heterocycles. The minimum Gasteiger partial charge on any atom is -0.439 e. The summed E-state index contributed by atoms with van der Waals surface area (Å²) in [6.07, 6.45) is 1.87. The van der Waals surface area contributed by atoms with Crippen LogP contribution in [-0.2, 0) is 6.42 Å². The van der Waals surface area contributed by atoms with Crippen LogP contribution < -0.4 is 5.73 Å². The molecule has 0 aliphatic rings. The molecule has 0 radical (unpaired) electrons. The number of hydrogen-bond acceptors (Lipinski definition) is 3. The second kappa shape index (κ2) is 4.97. The van der Waals surface area contributed by atoms with Crippen LogP contribution in [0.5, 0.6) is 0 Å². The van der Waals surface area contributed by atoms with Crippen molar-refractivity contribution in [3.63, 3.8) is 0 Å². The zero-order chi connectivity index (χ0) is 11.5. The van der Waals surface area contributed by atoms with Gasteiger partial charge in [-0.1, -0.05) is 19.4 Å². The van der Waals surface area contributed by atoms with Gasteiger partial charge in [-0.15, -0.1) is 0 Å². The molecule has 0 fully saturated rings. The van der Waals surface area contributed by atoms with Crippen LogP contribution in [0.3, 0.4) is 0 Å². The first-order chi connectivity index (χ1) is 7.74. The minimum atomic E-state index is 0.451. The van der Waals surface area contributed by atoms with Crippen LogP contribution >= 0.6 is 15.9 Å². The first-order valence-electron chi connectivity index (χ1n) is 5.48. The number of benzene rings is 1. The molecule has 3 nitrogen and oxygen atoms in total. The molecule has 86 valence electrons. The van der Waals surface area contributed by atoms with E-state index in [1.54, 1.807) is 0 Å². The molecule has 2 N–H and O–H groups in total. The summed E-state index contributed by atoms with van der Waals surface area (Å²) >= 11 is 3.45. The van der Waals surface area contributed by atoms with E-state index in [0.29, 0.717) is 12.5 Å². The van der Waals surface area contributed by atoms with E-state index < -0.39 is 0 Å². The summed E-state index contributed by atoms with van der Waals surface area (Å²) in [7, 11) is 0. The fourth-order valence-corrected chi connectivity index (χ4v) is 2.13. The van der Waals surface area contributed by atoms with E-state index in [2.05, 4.69) is 27.8 Å². The Bertz CT molecular complexity index is 477. The average molecular weight is 283 g/mol. The molecule has 1 unspecified atom stereocenters. The normalized spacial score (nSPS) is 13.2. The molecule has 0 saturated carbocycles. The highest BCUT2D eigenvalue weighted by molar-refractivity contribution is 9.10. The van der Waals surface area contributed by atoms with Gasteiger partial charge in [-0.3, -0.25) is 0 Å². The van der Waals surface area contributed by atoms with Crippen LogP contribution in [0.25, 0.3) is 11.1 Å². The quantitative estimate of drug-likeness (QED) is 0.938. The molecule has 1 heterocycles. The van der Waals surface area contributed by atoms with Crippen molar-refractivity contribution in [1.29, 1.82) is 0 Å². The number of para-hydroxylation sites is 1. The Morgan fingerprint density at radius 1 is 1.50 bits per heavy atom. The van der Waals surface area contributed by atoms with Gasteiger partial charge in [0.25, 0.3) is 0 Å². The van der Waals surface area contributed by atoms with E-state index in [1.807, 2.05) is 18.2 Å². The molecule has 1 aromatic carbocycles. The van der Waals surface area contributed by atoms with Crippen molar-refractivity contribution < 1.29 is 4.42 Å². The zero-order valence-electron chi connectivity index (χ0n) is 9.24. The van der Waals surface area contributed by atoms with Crippen molar-refractivity contribution in [1.82, 2.24) is 4.98 Å². The van der Waals surface area contributed by atoms with Crippen LogP contribution in [0.15, 0.2) is 27.1 Å². The Morgan fingerprint density at radius 2 is 2.31 bits per heavy atom. The number of aromatic nitrogens is 1. The third-order valence-corrected chi connectivity index (χ3v) is 3.41. The fourth-order valence-electron chi connectivity index (χ4n) is 1.69. The molecule has 2 aromatic rings. The van der Waals surface area contributed by atoms with Crippen molar-refractivity contribution in [2.45, 2.75) is 19.8 Å². The first kappa shape index (κ1) is 11.6. The van der Waals surface area contributed by atoms with E-state index in [4.69, 9.17) is 10.2 Å². The van der Waals surface area contributed by atoms with E-state index in [9.17, 15) is 0 Å². The zero-order valence-corrected chi connectivity index (χ0v) is 10.8.